The third kappa shape index (κ3) is 3.85. The average Bonchev–Trinajstić information content (AvgIpc) is 3.10. The van der Waals surface area contributed by atoms with Crippen LogP contribution in [0.3, 0.4) is 0 Å². The van der Waals surface area contributed by atoms with Crippen molar-refractivity contribution in [3.63, 3.8) is 0 Å². The Bertz CT molecular complexity index is 2460. The third-order valence-electron chi connectivity index (χ3n) is 9.21. The molecule has 0 atom stereocenters. The summed E-state index contributed by atoms with van der Waals surface area (Å²) in [5.74, 6) is 0. The fraction of sp³-hybridized carbons (Fsp3) is 0. The van der Waals surface area contributed by atoms with Crippen LogP contribution in [-0.2, 0) is 0 Å². The van der Waals surface area contributed by atoms with E-state index in [1.54, 1.807) is 0 Å². The lowest BCUT2D eigenvalue weighted by Crippen LogP contribution is -1.92. The molecule has 0 amide bonds. The summed E-state index contributed by atoms with van der Waals surface area (Å²) in [5.41, 5.74) is 7.57. The quantitative estimate of drug-likeness (QED) is 0.150. The molecule has 0 aromatic heterocycles. The lowest BCUT2D eigenvalue weighted by atomic mass is 9.83. The van der Waals surface area contributed by atoms with E-state index < -0.39 is 0 Å². The van der Waals surface area contributed by atoms with Gasteiger partial charge < -0.3 is 0 Å². The van der Waals surface area contributed by atoms with Crippen LogP contribution in [0, 0.1) is 0 Å². The molecule has 9 aromatic carbocycles. The maximum absolute atomic E-state index is 2.42. The van der Waals surface area contributed by atoms with E-state index in [-0.39, 0.29) is 0 Å². The second kappa shape index (κ2) is 9.93. The van der Waals surface area contributed by atoms with Gasteiger partial charge in [-0.1, -0.05) is 152 Å². The fourth-order valence-corrected chi connectivity index (χ4v) is 7.19. The fourth-order valence-electron chi connectivity index (χ4n) is 7.19. The predicted molar refractivity (Wildman–Crippen MR) is 190 cm³/mol. The van der Waals surface area contributed by atoms with Crippen molar-refractivity contribution in [1.82, 2.24) is 0 Å². The first-order valence-corrected chi connectivity index (χ1v) is 15.3. The molecule has 0 radical (unpaired) electrons. The van der Waals surface area contributed by atoms with Gasteiger partial charge in [0.25, 0.3) is 0 Å². The van der Waals surface area contributed by atoms with Crippen molar-refractivity contribution in [3.05, 3.63) is 170 Å². The van der Waals surface area contributed by atoms with Gasteiger partial charge in [0.1, 0.15) is 0 Å². The smallest absolute Gasteiger partial charge is 0.00199 e. The van der Waals surface area contributed by atoms with Gasteiger partial charge in [0.05, 0.1) is 0 Å². The van der Waals surface area contributed by atoms with Gasteiger partial charge in [-0.2, -0.15) is 0 Å². The first kappa shape index (κ1) is 24.8. The zero-order chi connectivity index (χ0) is 29.0. The standard InChI is InChI=1S/C44H28/c1-2-12-29(13-3-1)30-22-24-31(25-23-30)43-37-18-8-10-20-39(37)44(40-21-11-9-19-38(40)43)42-28-34-26-32-14-4-5-15-33(32)27-41(34)35-16-6-7-17-36(35)42/h1-28H. The van der Waals surface area contributed by atoms with Crippen molar-refractivity contribution in [1.29, 1.82) is 0 Å². The largest absolute Gasteiger partial charge is 0.0622 e. The summed E-state index contributed by atoms with van der Waals surface area (Å²) < 4.78 is 0. The highest BCUT2D eigenvalue weighted by molar-refractivity contribution is 6.26. The Kier molecular flexibility index (Phi) is 5.61. The highest BCUT2D eigenvalue weighted by atomic mass is 14.2. The van der Waals surface area contributed by atoms with E-state index in [4.69, 9.17) is 0 Å². The molecule has 204 valence electrons. The Balaban J connectivity index is 1.37. The normalized spacial score (nSPS) is 11.6. The number of fused-ring (bicyclic) bond motifs is 6. The molecular formula is C44H28. The van der Waals surface area contributed by atoms with Crippen molar-refractivity contribution in [2.75, 3.05) is 0 Å². The summed E-state index contributed by atoms with van der Waals surface area (Å²) in [6.45, 7) is 0. The maximum atomic E-state index is 2.42. The van der Waals surface area contributed by atoms with Crippen LogP contribution >= 0.6 is 0 Å². The first-order chi connectivity index (χ1) is 21.8. The second-order valence-corrected chi connectivity index (χ2v) is 11.7. The molecule has 0 heterocycles. The molecule has 0 aliphatic heterocycles. The van der Waals surface area contributed by atoms with Crippen molar-refractivity contribution < 1.29 is 0 Å². The van der Waals surface area contributed by atoms with E-state index in [1.165, 1.54) is 87.2 Å². The van der Waals surface area contributed by atoms with Crippen LogP contribution in [0.5, 0.6) is 0 Å². The van der Waals surface area contributed by atoms with Gasteiger partial charge in [0.2, 0.25) is 0 Å². The monoisotopic (exact) mass is 556 g/mol. The minimum absolute atomic E-state index is 1.23. The van der Waals surface area contributed by atoms with Gasteiger partial charge in [0, 0.05) is 0 Å². The lowest BCUT2D eigenvalue weighted by molar-refractivity contribution is 1.61. The van der Waals surface area contributed by atoms with Gasteiger partial charge in [-0.15, -0.1) is 0 Å². The molecule has 0 saturated carbocycles. The zero-order valence-electron chi connectivity index (χ0n) is 24.2. The minimum atomic E-state index is 1.23. The molecule has 0 unspecified atom stereocenters. The van der Waals surface area contributed by atoms with Gasteiger partial charge in [-0.05, 0) is 105 Å². The summed E-state index contributed by atoms with van der Waals surface area (Å²) in [4.78, 5) is 0. The lowest BCUT2D eigenvalue weighted by Gasteiger charge is -2.20. The van der Waals surface area contributed by atoms with Crippen molar-refractivity contribution in [2.45, 2.75) is 0 Å². The molecule has 44 heavy (non-hydrogen) atoms. The van der Waals surface area contributed by atoms with E-state index in [9.17, 15) is 0 Å². The molecule has 0 aliphatic carbocycles. The van der Waals surface area contributed by atoms with Crippen LogP contribution in [0.15, 0.2) is 170 Å². The number of benzene rings is 9. The van der Waals surface area contributed by atoms with E-state index in [0.717, 1.165) is 0 Å². The average molecular weight is 557 g/mol. The summed E-state index contributed by atoms with van der Waals surface area (Å²) in [5, 5.41) is 12.8. The van der Waals surface area contributed by atoms with Crippen molar-refractivity contribution >= 4 is 53.9 Å². The van der Waals surface area contributed by atoms with Crippen molar-refractivity contribution in [3.8, 4) is 33.4 Å². The number of hydrogen-bond donors (Lipinski definition) is 0. The van der Waals surface area contributed by atoms with Gasteiger partial charge in [-0.3, -0.25) is 0 Å². The van der Waals surface area contributed by atoms with Crippen LogP contribution in [0.2, 0.25) is 0 Å². The second-order valence-electron chi connectivity index (χ2n) is 11.7. The van der Waals surface area contributed by atoms with E-state index >= 15 is 0 Å². The number of rotatable bonds is 3. The minimum Gasteiger partial charge on any atom is -0.0622 e. The molecule has 0 fully saturated rings. The zero-order valence-corrected chi connectivity index (χ0v) is 24.2. The Morgan fingerprint density at radius 2 is 0.682 bits per heavy atom. The molecule has 0 saturated heterocycles. The van der Waals surface area contributed by atoms with Crippen molar-refractivity contribution in [2.24, 2.45) is 0 Å². The summed E-state index contributed by atoms with van der Waals surface area (Å²) in [6.07, 6.45) is 0. The van der Waals surface area contributed by atoms with Gasteiger partial charge >= 0.3 is 0 Å². The number of hydrogen-bond acceptors (Lipinski definition) is 0. The molecule has 0 spiro atoms. The molecule has 0 bridgehead atoms. The van der Waals surface area contributed by atoms with Crippen LogP contribution in [0.25, 0.3) is 87.2 Å². The Morgan fingerprint density at radius 1 is 0.227 bits per heavy atom. The molecule has 9 aromatic rings. The van der Waals surface area contributed by atoms with Crippen LogP contribution in [-0.4, -0.2) is 0 Å². The Morgan fingerprint density at radius 3 is 1.32 bits per heavy atom. The van der Waals surface area contributed by atoms with E-state index in [2.05, 4.69) is 170 Å². The topological polar surface area (TPSA) is 0 Å². The Labute approximate surface area is 256 Å². The third-order valence-corrected chi connectivity index (χ3v) is 9.21. The van der Waals surface area contributed by atoms with Gasteiger partial charge in [-0.25, -0.2) is 0 Å². The summed E-state index contributed by atoms with van der Waals surface area (Å²) in [6, 6.07) is 62.3. The van der Waals surface area contributed by atoms with Crippen LogP contribution in [0.1, 0.15) is 0 Å². The molecule has 0 nitrogen and oxygen atoms in total. The molecule has 0 N–H and O–H groups in total. The highest BCUT2D eigenvalue weighted by Crippen LogP contribution is 2.46. The molecule has 0 aliphatic rings. The Hall–Kier alpha value is -5.72. The van der Waals surface area contributed by atoms with Crippen LogP contribution in [0.4, 0.5) is 0 Å². The van der Waals surface area contributed by atoms with E-state index in [1.807, 2.05) is 0 Å². The molecular weight excluding hydrogens is 528 g/mol. The first-order valence-electron chi connectivity index (χ1n) is 15.3. The highest BCUT2D eigenvalue weighted by Gasteiger charge is 2.19. The summed E-state index contributed by atoms with van der Waals surface area (Å²) in [7, 11) is 0. The summed E-state index contributed by atoms with van der Waals surface area (Å²) >= 11 is 0. The SMILES string of the molecule is c1ccc(-c2ccc(-c3c4ccccc4c(-c4cc5cc6ccccc6cc5c5ccccc45)c4ccccc34)cc2)cc1. The molecule has 0 heteroatoms. The maximum Gasteiger partial charge on any atom is -0.00199 e. The molecule has 9 rings (SSSR count). The van der Waals surface area contributed by atoms with Crippen LogP contribution < -0.4 is 0 Å². The van der Waals surface area contributed by atoms with Gasteiger partial charge in [0.15, 0.2) is 0 Å². The predicted octanol–water partition coefficient (Wildman–Crippen LogP) is 12.5. The van der Waals surface area contributed by atoms with E-state index in [0.29, 0.717) is 0 Å².